The molecule has 0 aliphatic heterocycles. The molecule has 1 aromatic rings. The van der Waals surface area contributed by atoms with E-state index in [4.69, 9.17) is 23.2 Å². The molecule has 1 saturated carbocycles. The highest BCUT2D eigenvalue weighted by molar-refractivity contribution is 6.35. The lowest BCUT2D eigenvalue weighted by Crippen LogP contribution is -2.35. The Morgan fingerprint density at radius 2 is 2.11 bits per heavy atom. The topological polar surface area (TPSA) is 12.0 Å². The maximum Gasteiger partial charge on any atom is 0.0453 e. The first-order valence-corrected chi connectivity index (χ1v) is 8.12. The van der Waals surface area contributed by atoms with E-state index in [0.29, 0.717) is 11.1 Å². The second-order valence-corrected chi connectivity index (χ2v) is 6.47. The van der Waals surface area contributed by atoms with E-state index >= 15 is 0 Å². The molecule has 1 aromatic carbocycles. The highest BCUT2D eigenvalue weighted by Crippen LogP contribution is 2.32. The standard InChI is InChI=1S/C16H23Cl2N/c1-2-8-19-15(9-12-4-3-5-12)10-13-6-7-14(17)11-16(13)18/h6-7,11-12,15,19H,2-5,8-10H2,1H3. The van der Waals surface area contributed by atoms with E-state index in [1.54, 1.807) is 0 Å². The van der Waals surface area contributed by atoms with Crippen molar-refractivity contribution in [1.29, 1.82) is 0 Å². The first-order chi connectivity index (χ1) is 9.19. The molecule has 1 aliphatic rings. The quantitative estimate of drug-likeness (QED) is 0.739. The van der Waals surface area contributed by atoms with Crippen LogP contribution in [0.4, 0.5) is 0 Å². The lowest BCUT2D eigenvalue weighted by atomic mass is 9.80. The SMILES string of the molecule is CCCNC(Cc1ccc(Cl)cc1Cl)CC1CCC1. The predicted molar refractivity (Wildman–Crippen MR) is 84.2 cm³/mol. The molecule has 1 fully saturated rings. The molecule has 1 nitrogen and oxygen atoms in total. The van der Waals surface area contributed by atoms with Gasteiger partial charge in [0.25, 0.3) is 0 Å². The second kappa shape index (κ2) is 7.52. The van der Waals surface area contributed by atoms with Crippen molar-refractivity contribution < 1.29 is 0 Å². The molecule has 0 radical (unpaired) electrons. The first-order valence-electron chi connectivity index (χ1n) is 7.36. The van der Waals surface area contributed by atoms with Gasteiger partial charge in [0.1, 0.15) is 0 Å². The van der Waals surface area contributed by atoms with Crippen molar-refractivity contribution in [3.63, 3.8) is 0 Å². The summed E-state index contributed by atoms with van der Waals surface area (Å²) in [6.07, 6.45) is 7.67. The molecule has 1 unspecified atom stereocenters. The fourth-order valence-corrected chi connectivity index (χ4v) is 3.16. The summed E-state index contributed by atoms with van der Waals surface area (Å²) in [5.74, 6) is 0.917. The molecule has 0 aromatic heterocycles. The van der Waals surface area contributed by atoms with Gasteiger partial charge in [-0.25, -0.2) is 0 Å². The van der Waals surface area contributed by atoms with Crippen LogP contribution in [0.15, 0.2) is 18.2 Å². The van der Waals surface area contributed by atoms with Gasteiger partial charge in [-0.3, -0.25) is 0 Å². The third kappa shape index (κ3) is 4.66. The minimum absolute atomic E-state index is 0.545. The van der Waals surface area contributed by atoms with Crippen LogP contribution in [0.25, 0.3) is 0 Å². The molecule has 0 heterocycles. The predicted octanol–water partition coefficient (Wildman–Crippen LogP) is 5.09. The number of nitrogens with one attached hydrogen (secondary N) is 1. The molecule has 0 spiro atoms. The first kappa shape index (κ1) is 15.2. The van der Waals surface area contributed by atoms with Crippen LogP contribution in [0.3, 0.4) is 0 Å². The number of rotatable bonds is 7. The van der Waals surface area contributed by atoms with Gasteiger partial charge < -0.3 is 5.32 Å². The molecule has 0 bridgehead atoms. The van der Waals surface area contributed by atoms with E-state index in [-0.39, 0.29) is 0 Å². The van der Waals surface area contributed by atoms with E-state index in [1.165, 1.54) is 37.7 Å². The van der Waals surface area contributed by atoms with Crippen LogP contribution in [0, 0.1) is 5.92 Å². The Hall–Kier alpha value is -0.240. The van der Waals surface area contributed by atoms with Crippen LogP contribution in [0.5, 0.6) is 0 Å². The Bertz CT molecular complexity index is 402. The minimum atomic E-state index is 0.545. The van der Waals surface area contributed by atoms with Gasteiger partial charge >= 0.3 is 0 Å². The van der Waals surface area contributed by atoms with Gasteiger partial charge in [-0.15, -0.1) is 0 Å². The third-order valence-electron chi connectivity index (χ3n) is 4.01. The molecule has 106 valence electrons. The lowest BCUT2D eigenvalue weighted by Gasteiger charge is -2.30. The van der Waals surface area contributed by atoms with Crippen LogP contribution in [-0.2, 0) is 6.42 Å². The van der Waals surface area contributed by atoms with Crippen molar-refractivity contribution in [2.75, 3.05) is 6.54 Å². The Morgan fingerprint density at radius 1 is 1.32 bits per heavy atom. The van der Waals surface area contributed by atoms with Gasteiger partial charge in [0.05, 0.1) is 0 Å². The summed E-state index contributed by atoms with van der Waals surface area (Å²) in [5.41, 5.74) is 1.21. The fraction of sp³-hybridized carbons (Fsp3) is 0.625. The summed E-state index contributed by atoms with van der Waals surface area (Å²) in [5, 5.41) is 5.18. The molecular weight excluding hydrogens is 277 g/mol. The molecule has 0 saturated heterocycles. The van der Waals surface area contributed by atoms with Gasteiger partial charge in [0.15, 0.2) is 0 Å². The Labute approximate surface area is 126 Å². The van der Waals surface area contributed by atoms with Crippen LogP contribution < -0.4 is 5.32 Å². The summed E-state index contributed by atoms with van der Waals surface area (Å²) in [4.78, 5) is 0. The van der Waals surface area contributed by atoms with Crippen LogP contribution in [0.1, 0.15) is 44.6 Å². The molecule has 0 amide bonds. The number of benzene rings is 1. The fourth-order valence-electron chi connectivity index (χ4n) is 2.67. The number of halogens is 2. The van der Waals surface area contributed by atoms with E-state index in [0.717, 1.165) is 23.9 Å². The van der Waals surface area contributed by atoms with Gasteiger partial charge in [0.2, 0.25) is 0 Å². The number of hydrogen-bond acceptors (Lipinski definition) is 1. The van der Waals surface area contributed by atoms with Crippen molar-refractivity contribution >= 4 is 23.2 Å². The molecule has 1 atom stereocenters. The average molecular weight is 300 g/mol. The zero-order valence-electron chi connectivity index (χ0n) is 11.6. The van der Waals surface area contributed by atoms with Gasteiger partial charge in [-0.1, -0.05) is 55.5 Å². The summed E-state index contributed by atoms with van der Waals surface area (Å²) in [6.45, 7) is 3.30. The van der Waals surface area contributed by atoms with E-state index in [2.05, 4.69) is 18.3 Å². The summed E-state index contributed by atoms with van der Waals surface area (Å²) < 4.78 is 0. The molecular formula is C16H23Cl2N. The second-order valence-electron chi connectivity index (χ2n) is 5.62. The lowest BCUT2D eigenvalue weighted by molar-refractivity contribution is 0.259. The zero-order valence-corrected chi connectivity index (χ0v) is 13.1. The summed E-state index contributed by atoms with van der Waals surface area (Å²) in [7, 11) is 0. The van der Waals surface area contributed by atoms with Crippen molar-refractivity contribution in [2.24, 2.45) is 5.92 Å². The molecule has 19 heavy (non-hydrogen) atoms. The molecule has 1 aliphatic carbocycles. The smallest absolute Gasteiger partial charge is 0.0453 e. The molecule has 3 heteroatoms. The summed E-state index contributed by atoms with van der Waals surface area (Å²) in [6, 6.07) is 6.39. The Morgan fingerprint density at radius 3 is 2.68 bits per heavy atom. The van der Waals surface area contributed by atoms with Crippen molar-refractivity contribution in [3.8, 4) is 0 Å². The van der Waals surface area contributed by atoms with E-state index in [9.17, 15) is 0 Å². The highest BCUT2D eigenvalue weighted by atomic mass is 35.5. The monoisotopic (exact) mass is 299 g/mol. The summed E-state index contributed by atoms with van der Waals surface area (Å²) >= 11 is 12.2. The Balaban J connectivity index is 1.96. The van der Waals surface area contributed by atoms with E-state index < -0.39 is 0 Å². The normalized spacial score (nSPS) is 17.2. The maximum absolute atomic E-state index is 6.28. The minimum Gasteiger partial charge on any atom is -0.314 e. The van der Waals surface area contributed by atoms with Gasteiger partial charge in [0, 0.05) is 16.1 Å². The van der Waals surface area contributed by atoms with Crippen LogP contribution in [-0.4, -0.2) is 12.6 Å². The zero-order chi connectivity index (χ0) is 13.7. The van der Waals surface area contributed by atoms with Crippen LogP contribution >= 0.6 is 23.2 Å². The van der Waals surface area contributed by atoms with Gasteiger partial charge in [-0.05, 0) is 49.4 Å². The van der Waals surface area contributed by atoms with Crippen molar-refractivity contribution in [3.05, 3.63) is 33.8 Å². The maximum atomic E-state index is 6.28. The average Bonchev–Trinajstić information content (AvgIpc) is 2.33. The van der Waals surface area contributed by atoms with Crippen molar-refractivity contribution in [2.45, 2.75) is 51.5 Å². The van der Waals surface area contributed by atoms with Crippen molar-refractivity contribution in [1.82, 2.24) is 5.32 Å². The third-order valence-corrected chi connectivity index (χ3v) is 4.59. The van der Waals surface area contributed by atoms with E-state index in [1.807, 2.05) is 12.1 Å². The molecule has 1 N–H and O–H groups in total. The van der Waals surface area contributed by atoms with Gasteiger partial charge in [-0.2, -0.15) is 0 Å². The van der Waals surface area contributed by atoms with Crippen LogP contribution in [0.2, 0.25) is 10.0 Å². The largest absolute Gasteiger partial charge is 0.314 e. The number of hydrogen-bond donors (Lipinski definition) is 1. The Kier molecular flexibility index (Phi) is 6.00. The highest BCUT2D eigenvalue weighted by Gasteiger charge is 2.22. The molecule has 2 rings (SSSR count).